The zero-order chi connectivity index (χ0) is 13.0. The third-order valence-corrected chi connectivity index (χ3v) is 2.90. The zero-order valence-corrected chi connectivity index (χ0v) is 11.5. The van der Waals surface area contributed by atoms with Gasteiger partial charge in [0.25, 0.3) is 0 Å². The summed E-state index contributed by atoms with van der Waals surface area (Å²) in [6.45, 7) is 11.3. The molecular weight excluding hydrogens is 210 g/mol. The van der Waals surface area contributed by atoms with E-state index in [0.29, 0.717) is 5.92 Å². The average Bonchev–Trinajstić information content (AvgIpc) is 2.52. The smallest absolute Gasteiger partial charge is 0.0753 e. The molecule has 1 aromatic heterocycles. The normalized spacial score (nSPS) is 12.4. The van der Waals surface area contributed by atoms with Gasteiger partial charge in [0, 0.05) is 6.54 Å². The highest BCUT2D eigenvalue weighted by atomic mass is 15.3. The lowest BCUT2D eigenvalue weighted by atomic mass is 10.1. The Morgan fingerprint density at radius 1 is 1.35 bits per heavy atom. The lowest BCUT2D eigenvalue weighted by Crippen LogP contribution is -2.24. The molecule has 0 saturated carbocycles. The van der Waals surface area contributed by atoms with Gasteiger partial charge in [0.2, 0.25) is 0 Å². The first kappa shape index (κ1) is 13.8. The topological polar surface area (TPSA) is 43.8 Å². The highest BCUT2D eigenvalue weighted by molar-refractivity contribution is 5.42. The number of hydrogen-bond acceptors (Lipinski definition) is 2. The second-order valence-corrected chi connectivity index (χ2v) is 4.81. The van der Waals surface area contributed by atoms with Crippen molar-refractivity contribution in [1.29, 1.82) is 0 Å². The van der Waals surface area contributed by atoms with Gasteiger partial charge in [0.15, 0.2) is 0 Å². The van der Waals surface area contributed by atoms with E-state index in [2.05, 4.69) is 44.6 Å². The summed E-state index contributed by atoms with van der Waals surface area (Å²) in [6, 6.07) is -0.0664. The van der Waals surface area contributed by atoms with Crippen LogP contribution in [0.5, 0.6) is 0 Å². The Morgan fingerprint density at radius 2 is 2.00 bits per heavy atom. The molecule has 0 aliphatic carbocycles. The van der Waals surface area contributed by atoms with Gasteiger partial charge in [0.05, 0.1) is 23.0 Å². The molecule has 0 bridgehead atoms. The van der Waals surface area contributed by atoms with Gasteiger partial charge in [-0.3, -0.25) is 4.68 Å². The molecule has 0 fully saturated rings. The van der Waals surface area contributed by atoms with Crippen LogP contribution >= 0.6 is 0 Å². The summed E-state index contributed by atoms with van der Waals surface area (Å²) in [4.78, 5) is 0. The van der Waals surface area contributed by atoms with E-state index in [1.807, 2.05) is 11.6 Å². The van der Waals surface area contributed by atoms with Crippen molar-refractivity contribution in [3.63, 3.8) is 0 Å². The van der Waals surface area contributed by atoms with Crippen LogP contribution in [0.25, 0.3) is 0 Å². The van der Waals surface area contributed by atoms with Gasteiger partial charge in [-0.1, -0.05) is 32.6 Å². The van der Waals surface area contributed by atoms with E-state index in [4.69, 9.17) is 5.73 Å². The summed E-state index contributed by atoms with van der Waals surface area (Å²) < 4.78 is 2.03. The second kappa shape index (κ2) is 5.88. The van der Waals surface area contributed by atoms with E-state index in [0.717, 1.165) is 29.9 Å². The minimum absolute atomic E-state index is 0.0664. The third-order valence-electron chi connectivity index (χ3n) is 2.90. The van der Waals surface area contributed by atoms with Crippen LogP contribution in [0.1, 0.15) is 44.1 Å². The molecule has 1 heterocycles. The summed E-state index contributed by atoms with van der Waals surface area (Å²) in [6.07, 6.45) is 1.08. The lowest BCUT2D eigenvalue weighted by Gasteiger charge is -2.06. The molecule has 0 spiro atoms. The fourth-order valence-electron chi connectivity index (χ4n) is 1.63. The SMILES string of the molecule is CCCn1nc(C)c(C#CC(N)C(C)C)c1C. The molecule has 0 saturated heterocycles. The molecule has 3 heteroatoms. The van der Waals surface area contributed by atoms with E-state index in [-0.39, 0.29) is 6.04 Å². The quantitative estimate of drug-likeness (QED) is 0.814. The van der Waals surface area contributed by atoms with E-state index in [1.165, 1.54) is 0 Å². The fourth-order valence-corrected chi connectivity index (χ4v) is 1.63. The first-order valence-electron chi connectivity index (χ1n) is 6.28. The van der Waals surface area contributed by atoms with Gasteiger partial charge in [-0.2, -0.15) is 5.10 Å². The van der Waals surface area contributed by atoms with Crippen molar-refractivity contribution in [3.8, 4) is 11.8 Å². The number of hydrogen-bond donors (Lipinski definition) is 1. The maximum absolute atomic E-state index is 5.93. The lowest BCUT2D eigenvalue weighted by molar-refractivity contribution is 0.583. The molecule has 17 heavy (non-hydrogen) atoms. The summed E-state index contributed by atoms with van der Waals surface area (Å²) in [5.41, 5.74) is 9.11. The Balaban J connectivity index is 2.99. The molecule has 0 aliphatic heterocycles. The van der Waals surface area contributed by atoms with E-state index in [9.17, 15) is 0 Å². The van der Waals surface area contributed by atoms with Crippen LogP contribution in [0, 0.1) is 31.6 Å². The summed E-state index contributed by atoms with van der Waals surface area (Å²) >= 11 is 0. The van der Waals surface area contributed by atoms with E-state index < -0.39 is 0 Å². The van der Waals surface area contributed by atoms with Gasteiger partial charge in [0.1, 0.15) is 0 Å². The van der Waals surface area contributed by atoms with Crippen LogP contribution in [0.3, 0.4) is 0 Å². The van der Waals surface area contributed by atoms with E-state index >= 15 is 0 Å². The maximum Gasteiger partial charge on any atom is 0.0753 e. The standard InChI is InChI=1S/C14H23N3/c1-6-9-17-12(5)13(11(4)16-17)7-8-14(15)10(2)3/h10,14H,6,9,15H2,1-5H3. The van der Waals surface area contributed by atoms with E-state index in [1.54, 1.807) is 0 Å². The molecule has 0 aromatic carbocycles. The Kier molecular flexibility index (Phi) is 4.77. The minimum Gasteiger partial charge on any atom is -0.317 e. The first-order valence-corrected chi connectivity index (χ1v) is 6.28. The van der Waals surface area contributed by atoms with Gasteiger partial charge >= 0.3 is 0 Å². The minimum atomic E-state index is -0.0664. The molecular formula is C14H23N3. The van der Waals surface area contributed by atoms with Crippen molar-refractivity contribution in [1.82, 2.24) is 9.78 Å². The van der Waals surface area contributed by atoms with Crippen LogP contribution in [-0.4, -0.2) is 15.8 Å². The van der Waals surface area contributed by atoms with Crippen molar-refractivity contribution in [2.24, 2.45) is 11.7 Å². The van der Waals surface area contributed by atoms with Crippen molar-refractivity contribution in [2.45, 2.75) is 53.6 Å². The van der Waals surface area contributed by atoms with Crippen LogP contribution < -0.4 is 5.73 Å². The predicted octanol–water partition coefficient (Wildman–Crippen LogP) is 2.24. The maximum atomic E-state index is 5.93. The third kappa shape index (κ3) is 3.34. The molecule has 3 nitrogen and oxygen atoms in total. The number of nitrogens with zero attached hydrogens (tertiary/aromatic N) is 2. The van der Waals surface area contributed by atoms with Gasteiger partial charge < -0.3 is 5.73 Å². The van der Waals surface area contributed by atoms with Gasteiger partial charge in [-0.15, -0.1) is 0 Å². The van der Waals surface area contributed by atoms with Crippen molar-refractivity contribution in [2.75, 3.05) is 0 Å². The molecule has 1 unspecified atom stereocenters. The molecule has 1 rings (SSSR count). The summed E-state index contributed by atoms with van der Waals surface area (Å²) in [5, 5.41) is 4.50. The predicted molar refractivity (Wildman–Crippen MR) is 71.7 cm³/mol. The molecule has 94 valence electrons. The Hall–Kier alpha value is -1.27. The highest BCUT2D eigenvalue weighted by Crippen LogP contribution is 2.12. The molecule has 1 atom stereocenters. The number of aromatic nitrogens is 2. The first-order chi connectivity index (χ1) is 7.97. The van der Waals surface area contributed by atoms with Gasteiger partial charge in [-0.05, 0) is 26.2 Å². The van der Waals surface area contributed by atoms with Crippen molar-refractivity contribution < 1.29 is 0 Å². The summed E-state index contributed by atoms with van der Waals surface area (Å²) in [5.74, 6) is 6.68. The fraction of sp³-hybridized carbons (Fsp3) is 0.643. The Labute approximate surface area is 104 Å². The molecule has 0 amide bonds. The van der Waals surface area contributed by atoms with Crippen LogP contribution in [0.4, 0.5) is 0 Å². The van der Waals surface area contributed by atoms with Crippen molar-refractivity contribution in [3.05, 3.63) is 17.0 Å². The Bertz CT molecular complexity index is 432. The number of rotatable bonds is 3. The molecule has 0 radical (unpaired) electrons. The summed E-state index contributed by atoms with van der Waals surface area (Å²) in [7, 11) is 0. The Morgan fingerprint density at radius 3 is 2.53 bits per heavy atom. The van der Waals surface area contributed by atoms with Gasteiger partial charge in [-0.25, -0.2) is 0 Å². The second-order valence-electron chi connectivity index (χ2n) is 4.81. The van der Waals surface area contributed by atoms with Crippen LogP contribution in [0.15, 0.2) is 0 Å². The van der Waals surface area contributed by atoms with Crippen LogP contribution in [0.2, 0.25) is 0 Å². The van der Waals surface area contributed by atoms with Crippen LogP contribution in [-0.2, 0) is 6.54 Å². The largest absolute Gasteiger partial charge is 0.317 e. The number of nitrogens with two attached hydrogens (primary N) is 1. The average molecular weight is 233 g/mol. The molecule has 0 aliphatic rings. The monoisotopic (exact) mass is 233 g/mol. The molecule has 1 aromatic rings. The number of aryl methyl sites for hydroxylation is 2. The van der Waals surface area contributed by atoms with Crippen molar-refractivity contribution >= 4 is 0 Å². The zero-order valence-electron chi connectivity index (χ0n) is 11.5. The molecule has 2 N–H and O–H groups in total. The highest BCUT2D eigenvalue weighted by Gasteiger charge is 2.09.